The van der Waals surface area contributed by atoms with Gasteiger partial charge in [-0.1, -0.05) is 23.7 Å². The molecular formula is C19H20ClN3O5. The summed E-state index contributed by atoms with van der Waals surface area (Å²) in [6, 6.07) is 7.96. The van der Waals surface area contributed by atoms with Crippen molar-refractivity contribution in [3.8, 4) is 0 Å². The van der Waals surface area contributed by atoms with Crippen molar-refractivity contribution >= 4 is 35.0 Å². The monoisotopic (exact) mass is 405 g/mol. The van der Waals surface area contributed by atoms with E-state index in [1.54, 1.807) is 36.2 Å². The molecule has 1 aromatic heterocycles. The number of carboxylic acids is 1. The minimum Gasteiger partial charge on any atom is -0.478 e. The molecule has 2 N–H and O–H groups in total. The Morgan fingerprint density at radius 1 is 1.32 bits per heavy atom. The first kappa shape index (κ1) is 20.1. The lowest BCUT2D eigenvalue weighted by Gasteiger charge is -2.28. The third-order valence-corrected chi connectivity index (χ3v) is 4.53. The molecule has 0 aliphatic carbocycles. The highest BCUT2D eigenvalue weighted by Gasteiger charge is 2.22. The van der Waals surface area contributed by atoms with E-state index in [1.807, 2.05) is 0 Å². The maximum absolute atomic E-state index is 12.4. The van der Waals surface area contributed by atoms with Crippen LogP contribution in [0, 0.1) is 0 Å². The zero-order valence-electron chi connectivity index (χ0n) is 15.2. The van der Waals surface area contributed by atoms with Crippen molar-refractivity contribution in [2.75, 3.05) is 43.6 Å². The molecule has 8 nitrogen and oxygen atoms in total. The Morgan fingerprint density at radius 2 is 2.11 bits per heavy atom. The van der Waals surface area contributed by atoms with E-state index in [9.17, 15) is 14.7 Å². The number of likely N-dealkylation sites (N-methyl/N-ethyl adjacent to an activating group) is 1. The summed E-state index contributed by atoms with van der Waals surface area (Å²) < 4.78 is 11.0. The second-order valence-corrected chi connectivity index (χ2v) is 6.69. The van der Waals surface area contributed by atoms with Gasteiger partial charge in [-0.05, 0) is 18.2 Å². The number of nitrogens with zero attached hydrogens (tertiary/aromatic N) is 2. The maximum Gasteiger partial charge on any atom is 0.339 e. The molecule has 3 rings (SSSR count). The lowest BCUT2D eigenvalue weighted by molar-refractivity contribution is -0.0837. The lowest BCUT2D eigenvalue weighted by Crippen LogP contribution is -2.39. The van der Waals surface area contributed by atoms with Crippen molar-refractivity contribution in [2.45, 2.75) is 6.10 Å². The molecule has 1 atom stereocenters. The summed E-state index contributed by atoms with van der Waals surface area (Å²) >= 11 is 6.03. The summed E-state index contributed by atoms with van der Waals surface area (Å²) in [5.41, 5.74) is 0.518. The van der Waals surface area contributed by atoms with Crippen LogP contribution in [0.3, 0.4) is 0 Å². The summed E-state index contributed by atoms with van der Waals surface area (Å²) in [6.45, 7) is 1.93. The number of ether oxygens (including phenoxy) is 2. The average molecular weight is 406 g/mol. The number of hydrogen-bond donors (Lipinski definition) is 2. The minimum atomic E-state index is -1.15. The number of carbonyl (C=O) groups excluding carboxylic acids is 1. The summed E-state index contributed by atoms with van der Waals surface area (Å²) in [5.74, 6) is -1.32. The van der Waals surface area contributed by atoms with Crippen molar-refractivity contribution in [1.29, 1.82) is 0 Å². The smallest absolute Gasteiger partial charge is 0.339 e. The Bertz CT molecular complexity index is 870. The zero-order valence-corrected chi connectivity index (χ0v) is 16.0. The molecule has 1 amide bonds. The van der Waals surface area contributed by atoms with E-state index in [0.717, 1.165) is 0 Å². The summed E-state index contributed by atoms with van der Waals surface area (Å²) in [7, 11) is 1.73. The van der Waals surface area contributed by atoms with Crippen molar-refractivity contribution in [3.05, 3.63) is 52.7 Å². The number of amides is 1. The normalized spacial score (nSPS) is 16.4. The predicted molar refractivity (Wildman–Crippen MR) is 104 cm³/mol. The van der Waals surface area contributed by atoms with Crippen LogP contribution >= 0.6 is 11.6 Å². The Kier molecular flexibility index (Phi) is 6.45. The number of halogens is 1. The fraction of sp³-hybridized carbons (Fsp3) is 0.316. The number of carbonyl (C=O) groups is 2. The third-order valence-electron chi connectivity index (χ3n) is 4.20. The highest BCUT2D eigenvalue weighted by Crippen LogP contribution is 2.23. The topological polar surface area (TPSA) is 101 Å². The van der Waals surface area contributed by atoms with E-state index in [-0.39, 0.29) is 28.7 Å². The maximum atomic E-state index is 12.4. The van der Waals surface area contributed by atoms with E-state index < -0.39 is 11.9 Å². The molecular weight excluding hydrogens is 386 g/mol. The van der Waals surface area contributed by atoms with E-state index in [0.29, 0.717) is 31.4 Å². The van der Waals surface area contributed by atoms with Gasteiger partial charge in [-0.25, -0.2) is 9.78 Å². The molecule has 1 aromatic carbocycles. The summed E-state index contributed by atoms with van der Waals surface area (Å²) in [6.07, 6.45) is 1.24. The predicted octanol–water partition coefficient (Wildman–Crippen LogP) is 2.54. The first-order valence-corrected chi connectivity index (χ1v) is 9.03. The number of hydrogen-bond acceptors (Lipinski definition) is 6. The van der Waals surface area contributed by atoms with Crippen molar-refractivity contribution in [3.63, 3.8) is 0 Å². The molecule has 0 bridgehead atoms. The molecule has 0 radical (unpaired) electrons. The van der Waals surface area contributed by atoms with Crippen molar-refractivity contribution in [2.24, 2.45) is 0 Å². The number of carboxylic acid groups (broad SMARTS) is 1. The molecule has 0 saturated carbocycles. The molecule has 148 valence electrons. The number of nitrogens with one attached hydrogen (secondary N) is 1. The Balaban J connectivity index is 1.78. The number of aromatic carboxylic acids is 1. The van der Waals surface area contributed by atoms with Gasteiger partial charge in [0, 0.05) is 13.6 Å². The molecule has 1 aliphatic heterocycles. The van der Waals surface area contributed by atoms with Crippen LogP contribution in [0.2, 0.25) is 5.02 Å². The fourth-order valence-corrected chi connectivity index (χ4v) is 3.09. The molecule has 2 heterocycles. The summed E-state index contributed by atoms with van der Waals surface area (Å²) in [5, 5.41) is 12.5. The van der Waals surface area contributed by atoms with Gasteiger partial charge in [0.05, 0.1) is 48.4 Å². The SMILES string of the molecule is CN(C[C@H]1COCCO1)c1ncc(NC(=O)c2ccccc2Cl)cc1C(=O)O. The van der Waals surface area contributed by atoms with Gasteiger partial charge in [-0.2, -0.15) is 0 Å². The van der Waals surface area contributed by atoms with Gasteiger partial charge >= 0.3 is 5.97 Å². The van der Waals surface area contributed by atoms with Crippen LogP contribution in [0.1, 0.15) is 20.7 Å². The van der Waals surface area contributed by atoms with E-state index >= 15 is 0 Å². The highest BCUT2D eigenvalue weighted by molar-refractivity contribution is 6.34. The second kappa shape index (κ2) is 9.01. The van der Waals surface area contributed by atoms with Crippen LogP contribution in [0.5, 0.6) is 0 Å². The van der Waals surface area contributed by atoms with Crippen LogP contribution in [-0.2, 0) is 9.47 Å². The van der Waals surface area contributed by atoms with Gasteiger partial charge < -0.3 is 24.8 Å². The largest absolute Gasteiger partial charge is 0.478 e. The van der Waals surface area contributed by atoms with Crippen LogP contribution < -0.4 is 10.2 Å². The van der Waals surface area contributed by atoms with Gasteiger partial charge in [-0.3, -0.25) is 4.79 Å². The Morgan fingerprint density at radius 3 is 2.79 bits per heavy atom. The quantitative estimate of drug-likeness (QED) is 0.761. The van der Waals surface area contributed by atoms with Gasteiger partial charge in [0.15, 0.2) is 0 Å². The molecule has 0 unspecified atom stereocenters. The standard InChI is InChI=1S/C19H20ClN3O5/c1-23(10-13-11-27-6-7-28-13)17-15(19(25)26)8-12(9-21-17)22-18(24)14-4-2-3-5-16(14)20/h2-5,8-9,13H,6-7,10-11H2,1H3,(H,22,24)(H,25,26)/t13-/m0/s1. The number of anilines is 2. The molecule has 28 heavy (non-hydrogen) atoms. The van der Waals surface area contributed by atoms with E-state index in [1.165, 1.54) is 12.3 Å². The number of benzene rings is 1. The van der Waals surface area contributed by atoms with E-state index in [2.05, 4.69) is 10.3 Å². The van der Waals surface area contributed by atoms with Crippen molar-refractivity contribution < 1.29 is 24.2 Å². The van der Waals surface area contributed by atoms with Crippen LogP contribution in [0.25, 0.3) is 0 Å². The molecule has 2 aromatic rings. The van der Waals surface area contributed by atoms with Crippen molar-refractivity contribution in [1.82, 2.24) is 4.98 Å². The first-order chi connectivity index (χ1) is 13.5. The Labute approximate surface area is 167 Å². The Hall–Kier alpha value is -2.68. The van der Waals surface area contributed by atoms with Crippen LogP contribution in [0.4, 0.5) is 11.5 Å². The second-order valence-electron chi connectivity index (χ2n) is 6.28. The highest BCUT2D eigenvalue weighted by atomic mass is 35.5. The minimum absolute atomic E-state index is 0.0313. The average Bonchev–Trinajstić information content (AvgIpc) is 2.69. The molecule has 0 spiro atoms. The molecule has 1 saturated heterocycles. The number of rotatable bonds is 6. The van der Waals surface area contributed by atoms with Gasteiger partial charge in [0.2, 0.25) is 0 Å². The fourth-order valence-electron chi connectivity index (χ4n) is 2.87. The number of pyridine rings is 1. The van der Waals surface area contributed by atoms with Crippen LogP contribution in [-0.4, -0.2) is 61.5 Å². The number of aromatic nitrogens is 1. The molecule has 9 heteroatoms. The van der Waals surface area contributed by atoms with Gasteiger partial charge in [-0.15, -0.1) is 0 Å². The van der Waals surface area contributed by atoms with Gasteiger partial charge in [0.25, 0.3) is 5.91 Å². The van der Waals surface area contributed by atoms with E-state index in [4.69, 9.17) is 21.1 Å². The summed E-state index contributed by atoms with van der Waals surface area (Å²) in [4.78, 5) is 30.0. The third kappa shape index (κ3) is 4.78. The van der Waals surface area contributed by atoms with Crippen LogP contribution in [0.15, 0.2) is 36.5 Å². The molecule has 1 aliphatic rings. The zero-order chi connectivity index (χ0) is 20.1. The first-order valence-electron chi connectivity index (χ1n) is 8.65. The lowest BCUT2D eigenvalue weighted by atomic mass is 10.2. The van der Waals surface area contributed by atoms with Gasteiger partial charge in [0.1, 0.15) is 11.4 Å². The molecule has 1 fully saturated rings.